The van der Waals surface area contributed by atoms with Gasteiger partial charge in [0.05, 0.1) is 18.8 Å². The van der Waals surface area contributed by atoms with Gasteiger partial charge in [-0.15, -0.1) is 12.4 Å². The molecule has 0 aromatic carbocycles. The van der Waals surface area contributed by atoms with Gasteiger partial charge in [-0.2, -0.15) is 0 Å². The second kappa shape index (κ2) is 9.36. The van der Waals surface area contributed by atoms with Gasteiger partial charge in [-0.3, -0.25) is 9.69 Å². The van der Waals surface area contributed by atoms with E-state index >= 15 is 0 Å². The van der Waals surface area contributed by atoms with Crippen molar-refractivity contribution in [2.45, 2.75) is 38.8 Å². The highest BCUT2D eigenvalue weighted by atomic mass is 35.5. The van der Waals surface area contributed by atoms with E-state index in [9.17, 15) is 4.79 Å². The Morgan fingerprint density at radius 3 is 2.76 bits per heavy atom. The van der Waals surface area contributed by atoms with Crippen LogP contribution in [0.1, 0.15) is 37.0 Å². The molecule has 2 saturated heterocycles. The largest absolute Gasteiger partial charge is 0.472 e. The summed E-state index contributed by atoms with van der Waals surface area (Å²) in [7, 11) is 0. The Labute approximate surface area is 155 Å². The lowest BCUT2D eigenvalue weighted by Crippen LogP contribution is -2.37. The molecule has 0 aliphatic carbocycles. The molecule has 1 aromatic rings. The number of nitrogens with zero attached hydrogens (tertiary/aromatic N) is 3. The highest BCUT2D eigenvalue weighted by Gasteiger charge is 2.22. The maximum absolute atomic E-state index is 12.7. The van der Waals surface area contributed by atoms with E-state index in [4.69, 9.17) is 9.47 Å². The minimum atomic E-state index is 0. The zero-order chi connectivity index (χ0) is 16.9. The minimum Gasteiger partial charge on any atom is -0.472 e. The highest BCUT2D eigenvalue weighted by molar-refractivity contribution is 5.94. The summed E-state index contributed by atoms with van der Waals surface area (Å²) in [6, 6.07) is 4.12. The minimum absolute atomic E-state index is 0. The van der Waals surface area contributed by atoms with Crippen LogP contribution in [-0.4, -0.2) is 72.2 Å². The van der Waals surface area contributed by atoms with Gasteiger partial charge < -0.3 is 14.4 Å². The van der Waals surface area contributed by atoms with E-state index in [1.165, 1.54) is 0 Å². The van der Waals surface area contributed by atoms with Gasteiger partial charge in [-0.1, -0.05) is 0 Å². The number of carbonyl (C=O) groups is 1. The van der Waals surface area contributed by atoms with Gasteiger partial charge in [0.25, 0.3) is 5.91 Å². The number of amides is 1. The van der Waals surface area contributed by atoms with Crippen LogP contribution in [0.4, 0.5) is 0 Å². The first kappa shape index (κ1) is 19.9. The predicted octanol–water partition coefficient (Wildman–Crippen LogP) is 2.23. The summed E-state index contributed by atoms with van der Waals surface area (Å²) in [4.78, 5) is 21.3. The van der Waals surface area contributed by atoms with E-state index in [0.717, 1.165) is 45.6 Å². The number of hydrogen-bond donors (Lipinski definition) is 0. The summed E-state index contributed by atoms with van der Waals surface area (Å²) in [5.41, 5.74) is 0.628. The molecule has 3 rings (SSSR count). The maximum atomic E-state index is 12.7. The number of rotatable bonds is 4. The quantitative estimate of drug-likeness (QED) is 0.814. The molecule has 2 fully saturated rings. The van der Waals surface area contributed by atoms with Crippen LogP contribution in [0.3, 0.4) is 0 Å². The van der Waals surface area contributed by atoms with Crippen molar-refractivity contribution in [3.05, 3.63) is 23.9 Å². The van der Waals surface area contributed by atoms with Crippen molar-refractivity contribution in [1.29, 1.82) is 0 Å². The van der Waals surface area contributed by atoms with Crippen LogP contribution in [0, 0.1) is 0 Å². The Kier molecular flexibility index (Phi) is 7.47. The third-order valence-electron chi connectivity index (χ3n) is 4.71. The van der Waals surface area contributed by atoms with Crippen molar-refractivity contribution in [3.63, 3.8) is 0 Å². The molecule has 25 heavy (non-hydrogen) atoms. The Hall–Kier alpha value is -1.37. The van der Waals surface area contributed by atoms with Gasteiger partial charge in [0.1, 0.15) is 6.10 Å². The van der Waals surface area contributed by atoms with Gasteiger partial charge >= 0.3 is 0 Å². The Balaban J connectivity index is 0.00000225. The van der Waals surface area contributed by atoms with E-state index in [2.05, 4.69) is 23.7 Å². The Bertz CT molecular complexity index is 547. The molecule has 0 saturated carbocycles. The van der Waals surface area contributed by atoms with Crippen molar-refractivity contribution >= 4 is 18.3 Å². The molecule has 2 aliphatic rings. The fraction of sp³-hybridized carbons (Fsp3) is 0.667. The lowest BCUT2D eigenvalue weighted by atomic mass is 10.2. The fourth-order valence-corrected chi connectivity index (χ4v) is 3.19. The lowest BCUT2D eigenvalue weighted by molar-refractivity contribution is 0.0758. The number of pyridine rings is 1. The summed E-state index contributed by atoms with van der Waals surface area (Å²) < 4.78 is 11.0. The molecule has 140 valence electrons. The SMILES string of the molecule is CC(C)N1CCCN(C(=O)c2ccc(OC3CCOC3)nc2)CC1.Cl. The molecule has 3 heterocycles. The molecule has 0 N–H and O–H groups in total. The molecular formula is C18H28ClN3O3. The zero-order valence-corrected chi connectivity index (χ0v) is 15.8. The summed E-state index contributed by atoms with van der Waals surface area (Å²) in [5, 5.41) is 0. The van der Waals surface area contributed by atoms with E-state index in [1.807, 2.05) is 11.0 Å². The second-order valence-electron chi connectivity index (χ2n) is 6.76. The highest BCUT2D eigenvalue weighted by Crippen LogP contribution is 2.16. The van der Waals surface area contributed by atoms with Crippen molar-refractivity contribution < 1.29 is 14.3 Å². The number of ether oxygens (including phenoxy) is 2. The fourth-order valence-electron chi connectivity index (χ4n) is 3.19. The van der Waals surface area contributed by atoms with E-state index in [1.54, 1.807) is 12.3 Å². The van der Waals surface area contributed by atoms with Gasteiger partial charge in [-0.25, -0.2) is 4.98 Å². The number of hydrogen-bond acceptors (Lipinski definition) is 5. The molecule has 1 atom stereocenters. The summed E-state index contributed by atoms with van der Waals surface area (Å²) in [5.74, 6) is 0.618. The Morgan fingerprint density at radius 1 is 1.28 bits per heavy atom. The molecule has 0 radical (unpaired) electrons. The van der Waals surface area contributed by atoms with Crippen LogP contribution < -0.4 is 4.74 Å². The van der Waals surface area contributed by atoms with Crippen molar-refractivity contribution in [1.82, 2.24) is 14.8 Å². The van der Waals surface area contributed by atoms with Crippen LogP contribution >= 0.6 is 12.4 Å². The summed E-state index contributed by atoms with van der Waals surface area (Å²) in [6.45, 7) is 9.32. The summed E-state index contributed by atoms with van der Waals surface area (Å²) in [6.07, 6.45) is 3.60. The number of halogens is 1. The summed E-state index contributed by atoms with van der Waals surface area (Å²) >= 11 is 0. The van der Waals surface area contributed by atoms with Gasteiger partial charge in [0.2, 0.25) is 5.88 Å². The second-order valence-corrected chi connectivity index (χ2v) is 6.76. The molecule has 6 nitrogen and oxygen atoms in total. The van der Waals surface area contributed by atoms with Crippen LogP contribution in [-0.2, 0) is 4.74 Å². The van der Waals surface area contributed by atoms with Crippen molar-refractivity contribution in [3.8, 4) is 5.88 Å². The first-order valence-corrected chi connectivity index (χ1v) is 8.87. The lowest BCUT2D eigenvalue weighted by Gasteiger charge is -2.24. The predicted molar refractivity (Wildman–Crippen MR) is 98.6 cm³/mol. The van der Waals surface area contributed by atoms with Crippen LogP contribution in [0.5, 0.6) is 5.88 Å². The van der Waals surface area contributed by atoms with Gasteiger partial charge in [0, 0.05) is 50.9 Å². The molecule has 2 aliphatic heterocycles. The van der Waals surface area contributed by atoms with Crippen LogP contribution in [0.15, 0.2) is 18.3 Å². The van der Waals surface area contributed by atoms with Gasteiger partial charge in [-0.05, 0) is 26.3 Å². The molecule has 1 unspecified atom stereocenters. The molecule has 1 aromatic heterocycles. The Morgan fingerprint density at radius 2 is 2.12 bits per heavy atom. The zero-order valence-electron chi connectivity index (χ0n) is 15.0. The van der Waals surface area contributed by atoms with Crippen molar-refractivity contribution in [2.24, 2.45) is 0 Å². The van der Waals surface area contributed by atoms with Crippen molar-refractivity contribution in [2.75, 3.05) is 39.4 Å². The average Bonchev–Trinajstić information content (AvgIpc) is 2.96. The standard InChI is InChI=1S/C18H27N3O3.ClH/c1-14(2)20-7-3-8-21(10-9-20)18(22)15-4-5-17(19-12-15)24-16-6-11-23-13-16;/h4-5,12,14,16H,3,6-11,13H2,1-2H3;1H. The molecule has 0 spiro atoms. The van der Waals surface area contributed by atoms with E-state index in [-0.39, 0.29) is 24.4 Å². The third kappa shape index (κ3) is 5.30. The van der Waals surface area contributed by atoms with Crippen LogP contribution in [0.2, 0.25) is 0 Å². The van der Waals surface area contributed by atoms with E-state index in [0.29, 0.717) is 24.1 Å². The van der Waals surface area contributed by atoms with Crippen LogP contribution in [0.25, 0.3) is 0 Å². The number of carbonyl (C=O) groups excluding carboxylic acids is 1. The van der Waals surface area contributed by atoms with Gasteiger partial charge in [0.15, 0.2) is 0 Å². The third-order valence-corrected chi connectivity index (χ3v) is 4.71. The maximum Gasteiger partial charge on any atom is 0.255 e. The molecular weight excluding hydrogens is 342 g/mol. The average molecular weight is 370 g/mol. The normalized spacial score (nSPS) is 21.7. The smallest absolute Gasteiger partial charge is 0.255 e. The monoisotopic (exact) mass is 369 g/mol. The first-order valence-electron chi connectivity index (χ1n) is 8.87. The first-order chi connectivity index (χ1) is 11.6. The molecule has 0 bridgehead atoms. The molecule has 7 heteroatoms. The molecule has 1 amide bonds. The topological polar surface area (TPSA) is 54.9 Å². The van der Waals surface area contributed by atoms with E-state index < -0.39 is 0 Å². The number of aromatic nitrogens is 1.